The Hall–Kier alpha value is -3.28. The summed E-state index contributed by atoms with van der Waals surface area (Å²) >= 11 is 0. The molecule has 5 heteroatoms. The first-order valence-electron chi connectivity index (χ1n) is 12.0. The Balaban J connectivity index is 1.31. The molecule has 1 aliphatic heterocycles. The largest absolute Gasteiger partial charge is 0.370 e. The average molecular weight is 457 g/mol. The monoisotopic (exact) mass is 456 g/mol. The van der Waals surface area contributed by atoms with E-state index in [1.54, 1.807) is 36.4 Å². The second kappa shape index (κ2) is 11.2. The van der Waals surface area contributed by atoms with Crippen LogP contribution in [0.25, 0.3) is 0 Å². The highest BCUT2D eigenvalue weighted by molar-refractivity contribution is 6.09. The van der Waals surface area contributed by atoms with E-state index < -0.39 is 0 Å². The maximum absolute atomic E-state index is 12.7. The molecule has 34 heavy (non-hydrogen) atoms. The quantitative estimate of drug-likeness (QED) is 0.446. The predicted molar refractivity (Wildman–Crippen MR) is 135 cm³/mol. The Bertz CT molecular complexity index is 1070. The summed E-state index contributed by atoms with van der Waals surface area (Å²) in [5.41, 5.74) is 2.89. The minimum absolute atomic E-state index is 0.0287. The van der Waals surface area contributed by atoms with Crippen LogP contribution in [0.1, 0.15) is 47.7 Å². The average Bonchev–Trinajstić information content (AvgIpc) is 2.89. The van der Waals surface area contributed by atoms with Gasteiger partial charge < -0.3 is 10.1 Å². The summed E-state index contributed by atoms with van der Waals surface area (Å²) < 4.78 is 6.36. The van der Waals surface area contributed by atoms with Crippen LogP contribution in [-0.4, -0.2) is 42.8 Å². The highest BCUT2D eigenvalue weighted by Gasteiger charge is 2.37. The molecular weight excluding hydrogens is 424 g/mol. The predicted octanol–water partition coefficient (Wildman–Crippen LogP) is 5.27. The molecule has 5 nitrogen and oxygen atoms in total. The lowest BCUT2D eigenvalue weighted by Gasteiger charge is -2.42. The van der Waals surface area contributed by atoms with Crippen LogP contribution in [-0.2, 0) is 15.1 Å². The molecule has 3 aromatic carbocycles. The maximum atomic E-state index is 12.7. The van der Waals surface area contributed by atoms with Crippen LogP contribution in [0.4, 0.5) is 5.69 Å². The molecule has 0 atom stereocenters. The molecule has 0 radical (unpaired) electrons. The van der Waals surface area contributed by atoms with Gasteiger partial charge in [0.05, 0.1) is 12.1 Å². The van der Waals surface area contributed by atoms with Crippen molar-refractivity contribution >= 4 is 17.4 Å². The van der Waals surface area contributed by atoms with E-state index in [1.807, 2.05) is 24.3 Å². The highest BCUT2D eigenvalue weighted by Crippen LogP contribution is 2.36. The van der Waals surface area contributed by atoms with E-state index >= 15 is 0 Å². The lowest BCUT2D eigenvalue weighted by atomic mass is 9.84. The van der Waals surface area contributed by atoms with Crippen LogP contribution in [0.3, 0.4) is 0 Å². The molecule has 0 aliphatic carbocycles. The fourth-order valence-corrected chi connectivity index (χ4v) is 4.49. The zero-order valence-electron chi connectivity index (χ0n) is 19.7. The summed E-state index contributed by atoms with van der Waals surface area (Å²) in [6.45, 7) is 4.80. The summed E-state index contributed by atoms with van der Waals surface area (Å²) in [5.74, 6) is -0.0807. The summed E-state index contributed by atoms with van der Waals surface area (Å²) in [7, 11) is 0. The van der Waals surface area contributed by atoms with Gasteiger partial charge in [-0.05, 0) is 49.1 Å². The number of ketones is 1. The second-order valence-electron chi connectivity index (χ2n) is 8.81. The minimum atomic E-state index is -0.272. The number of carbonyl (C=O) groups excluding carboxylic acids is 2. The third-order valence-corrected chi connectivity index (χ3v) is 6.38. The normalized spacial score (nSPS) is 15.6. The topological polar surface area (TPSA) is 58.6 Å². The van der Waals surface area contributed by atoms with Crippen molar-refractivity contribution in [2.45, 2.75) is 31.8 Å². The number of amides is 1. The molecule has 1 amide bonds. The van der Waals surface area contributed by atoms with E-state index in [0.29, 0.717) is 23.4 Å². The van der Waals surface area contributed by atoms with Crippen LogP contribution < -0.4 is 5.32 Å². The molecule has 1 saturated heterocycles. The fourth-order valence-electron chi connectivity index (χ4n) is 4.49. The molecule has 3 aromatic rings. The van der Waals surface area contributed by atoms with Crippen molar-refractivity contribution in [1.29, 1.82) is 0 Å². The van der Waals surface area contributed by atoms with Gasteiger partial charge in [0.15, 0.2) is 5.78 Å². The molecule has 0 unspecified atom stereocenters. The number of likely N-dealkylation sites (tertiary alicyclic amines) is 1. The van der Waals surface area contributed by atoms with Crippen molar-refractivity contribution in [1.82, 2.24) is 4.90 Å². The van der Waals surface area contributed by atoms with Gasteiger partial charge in [-0.25, -0.2) is 0 Å². The summed E-state index contributed by atoms with van der Waals surface area (Å²) in [4.78, 5) is 27.4. The van der Waals surface area contributed by atoms with Crippen LogP contribution in [0, 0.1) is 0 Å². The number of nitrogens with one attached hydrogen (secondary N) is 1. The third kappa shape index (κ3) is 5.79. The highest BCUT2D eigenvalue weighted by atomic mass is 16.5. The zero-order valence-corrected chi connectivity index (χ0v) is 19.7. The summed E-state index contributed by atoms with van der Waals surface area (Å²) in [5, 5.41) is 2.96. The zero-order chi connectivity index (χ0) is 23.8. The molecule has 0 aromatic heterocycles. The molecule has 0 bridgehead atoms. The number of rotatable bonds is 9. The Labute approximate surface area is 201 Å². The van der Waals surface area contributed by atoms with Gasteiger partial charge in [0.25, 0.3) is 0 Å². The number of anilines is 1. The lowest BCUT2D eigenvalue weighted by molar-refractivity contribution is -0.120. The van der Waals surface area contributed by atoms with Crippen molar-refractivity contribution in [3.8, 4) is 0 Å². The van der Waals surface area contributed by atoms with Gasteiger partial charge in [-0.3, -0.25) is 14.5 Å². The Morgan fingerprint density at radius 1 is 0.853 bits per heavy atom. The number of hydrogen-bond acceptors (Lipinski definition) is 4. The van der Waals surface area contributed by atoms with Crippen LogP contribution in [0.2, 0.25) is 0 Å². The van der Waals surface area contributed by atoms with Crippen molar-refractivity contribution in [3.63, 3.8) is 0 Å². The van der Waals surface area contributed by atoms with Crippen molar-refractivity contribution in [2.75, 3.05) is 31.6 Å². The number of piperidine rings is 1. The van der Waals surface area contributed by atoms with Gasteiger partial charge in [-0.2, -0.15) is 0 Å². The standard InChI is InChI=1S/C29H32N2O3/c1-2-21-34-29(25-11-7-4-8-12-25)17-19-31(20-18-29)22-27(32)30-26-15-13-24(14-16-26)28(33)23-9-5-3-6-10-23/h3-16H,2,17-22H2,1H3,(H,30,32). The van der Waals surface area contributed by atoms with E-state index in [1.165, 1.54) is 5.56 Å². The minimum Gasteiger partial charge on any atom is -0.370 e. The first-order chi connectivity index (χ1) is 16.6. The molecule has 1 heterocycles. The molecule has 1 aliphatic rings. The smallest absolute Gasteiger partial charge is 0.238 e. The first-order valence-corrected chi connectivity index (χ1v) is 12.0. The van der Waals surface area contributed by atoms with Gasteiger partial charge in [0.2, 0.25) is 5.91 Å². The molecule has 0 spiro atoms. The summed E-state index contributed by atoms with van der Waals surface area (Å²) in [6, 6.07) is 26.7. The van der Waals surface area contributed by atoms with E-state index in [0.717, 1.165) is 39.0 Å². The van der Waals surface area contributed by atoms with E-state index in [4.69, 9.17) is 4.74 Å². The number of nitrogens with zero attached hydrogens (tertiary/aromatic N) is 1. The van der Waals surface area contributed by atoms with Crippen molar-refractivity contribution in [3.05, 3.63) is 102 Å². The maximum Gasteiger partial charge on any atom is 0.238 e. The van der Waals surface area contributed by atoms with Gasteiger partial charge in [0.1, 0.15) is 0 Å². The molecule has 176 valence electrons. The lowest BCUT2D eigenvalue weighted by Crippen LogP contribution is -2.46. The fraction of sp³-hybridized carbons (Fsp3) is 0.310. The molecule has 4 rings (SSSR count). The third-order valence-electron chi connectivity index (χ3n) is 6.38. The van der Waals surface area contributed by atoms with Crippen LogP contribution >= 0.6 is 0 Å². The molecule has 1 fully saturated rings. The second-order valence-corrected chi connectivity index (χ2v) is 8.81. The Morgan fingerprint density at radius 2 is 1.44 bits per heavy atom. The van der Waals surface area contributed by atoms with Crippen LogP contribution in [0.5, 0.6) is 0 Å². The number of ether oxygens (including phenoxy) is 1. The summed E-state index contributed by atoms with van der Waals surface area (Å²) in [6.07, 6.45) is 2.71. The molecule has 1 N–H and O–H groups in total. The van der Waals surface area contributed by atoms with Crippen molar-refractivity contribution in [2.24, 2.45) is 0 Å². The van der Waals surface area contributed by atoms with Gasteiger partial charge >= 0.3 is 0 Å². The van der Waals surface area contributed by atoms with Gasteiger partial charge in [-0.15, -0.1) is 0 Å². The molecule has 0 saturated carbocycles. The Kier molecular flexibility index (Phi) is 7.88. The number of benzene rings is 3. The van der Waals surface area contributed by atoms with Crippen molar-refractivity contribution < 1.29 is 14.3 Å². The molecular formula is C29H32N2O3. The van der Waals surface area contributed by atoms with E-state index in [-0.39, 0.29) is 17.3 Å². The van der Waals surface area contributed by atoms with E-state index in [2.05, 4.69) is 41.4 Å². The van der Waals surface area contributed by atoms with Gasteiger partial charge in [0, 0.05) is 36.5 Å². The first kappa shape index (κ1) is 23.9. The SMILES string of the molecule is CCCOC1(c2ccccc2)CCN(CC(=O)Nc2ccc(C(=O)c3ccccc3)cc2)CC1. The van der Waals surface area contributed by atoms with Crippen LogP contribution in [0.15, 0.2) is 84.9 Å². The van der Waals surface area contributed by atoms with Gasteiger partial charge in [-0.1, -0.05) is 67.6 Å². The Morgan fingerprint density at radius 3 is 2.06 bits per heavy atom. The number of carbonyl (C=O) groups is 2. The number of hydrogen-bond donors (Lipinski definition) is 1. The van der Waals surface area contributed by atoms with E-state index in [9.17, 15) is 9.59 Å².